The Morgan fingerprint density at radius 3 is 2.77 bits per heavy atom. The average Bonchev–Trinajstić information content (AvgIpc) is 3.00. The second-order valence-corrected chi connectivity index (χ2v) is 8.54. The summed E-state index contributed by atoms with van der Waals surface area (Å²) in [4.78, 5) is 38.6. The summed E-state index contributed by atoms with van der Waals surface area (Å²) in [5.41, 5.74) is 4.20. The lowest BCUT2D eigenvalue weighted by Gasteiger charge is -2.29. The molecule has 164 valence electrons. The molecule has 1 unspecified atom stereocenters. The van der Waals surface area contributed by atoms with E-state index in [9.17, 15) is 19.5 Å². The molecule has 0 aliphatic carbocycles. The van der Waals surface area contributed by atoms with Gasteiger partial charge in [-0.3, -0.25) is 14.4 Å². The molecule has 0 aromatic heterocycles. The maximum absolute atomic E-state index is 12.2. The lowest BCUT2D eigenvalue weighted by atomic mass is 10.1. The van der Waals surface area contributed by atoms with Crippen molar-refractivity contribution in [3.63, 3.8) is 0 Å². The van der Waals surface area contributed by atoms with E-state index in [1.54, 1.807) is 11.9 Å². The van der Waals surface area contributed by atoms with Crippen molar-refractivity contribution in [2.75, 3.05) is 22.2 Å². The summed E-state index contributed by atoms with van der Waals surface area (Å²) in [7, 11) is 1.77. The van der Waals surface area contributed by atoms with Crippen LogP contribution in [-0.2, 0) is 27.3 Å². The van der Waals surface area contributed by atoms with Crippen molar-refractivity contribution in [1.29, 1.82) is 0 Å². The number of benzene rings is 2. The highest BCUT2D eigenvalue weighted by molar-refractivity contribution is 9.10. The number of carboxylic acids is 1. The van der Waals surface area contributed by atoms with Crippen molar-refractivity contribution in [2.45, 2.75) is 45.2 Å². The zero-order valence-corrected chi connectivity index (χ0v) is 19.2. The van der Waals surface area contributed by atoms with Crippen LogP contribution >= 0.6 is 15.9 Å². The Balaban J connectivity index is 1.89. The summed E-state index contributed by atoms with van der Waals surface area (Å²) in [6.07, 6.45) is 2.31. The number of halogens is 1. The van der Waals surface area contributed by atoms with E-state index in [0.717, 1.165) is 33.4 Å². The lowest BCUT2D eigenvalue weighted by Crippen LogP contribution is -2.36. The van der Waals surface area contributed by atoms with Crippen molar-refractivity contribution in [3.8, 4) is 0 Å². The van der Waals surface area contributed by atoms with Crippen LogP contribution in [0.3, 0.4) is 0 Å². The minimum atomic E-state index is -0.937. The van der Waals surface area contributed by atoms with Gasteiger partial charge in [-0.25, -0.2) is 0 Å². The molecule has 0 spiro atoms. The fourth-order valence-corrected chi connectivity index (χ4v) is 4.63. The molecular formula is C23H26BrN3O4. The lowest BCUT2D eigenvalue weighted by molar-refractivity contribution is -0.137. The number of amides is 2. The Labute approximate surface area is 190 Å². The molecule has 0 saturated carbocycles. The topological polar surface area (TPSA) is 89.9 Å². The largest absolute Gasteiger partial charge is 0.481 e. The summed E-state index contributed by atoms with van der Waals surface area (Å²) in [5, 5.41) is 12.7. The molecular weight excluding hydrogens is 462 g/mol. The maximum Gasteiger partial charge on any atom is 0.305 e. The van der Waals surface area contributed by atoms with E-state index < -0.39 is 12.0 Å². The number of anilines is 3. The van der Waals surface area contributed by atoms with E-state index in [1.165, 1.54) is 4.90 Å². The number of fused-ring (bicyclic) bond motifs is 1. The number of likely N-dealkylation sites (N-methyl/N-ethyl adjacent to an activating group) is 1. The first-order valence-corrected chi connectivity index (χ1v) is 11.0. The number of carbonyl (C=O) groups is 3. The monoisotopic (exact) mass is 487 g/mol. The average molecular weight is 488 g/mol. The quantitative estimate of drug-likeness (QED) is 0.490. The van der Waals surface area contributed by atoms with Gasteiger partial charge in [0.2, 0.25) is 12.3 Å². The summed E-state index contributed by atoms with van der Waals surface area (Å²) in [6.45, 7) is 2.41. The Morgan fingerprint density at radius 2 is 2.10 bits per heavy atom. The van der Waals surface area contributed by atoms with E-state index in [2.05, 4.69) is 21.2 Å². The Hall–Kier alpha value is -2.87. The molecule has 0 saturated heterocycles. The third-order valence-electron chi connectivity index (χ3n) is 5.47. The molecule has 2 N–H and O–H groups in total. The number of aliphatic carboxylic acids is 1. The van der Waals surface area contributed by atoms with Crippen molar-refractivity contribution in [2.24, 2.45) is 0 Å². The molecule has 1 heterocycles. The van der Waals surface area contributed by atoms with E-state index in [4.69, 9.17) is 0 Å². The van der Waals surface area contributed by atoms with Crippen LogP contribution in [0.1, 0.15) is 37.3 Å². The SMILES string of the molecule is CCCC(CC(=O)O)N(C=O)c1ccccc1NCc1cc(Br)cc2c1N(C)C(=O)C2. The summed E-state index contributed by atoms with van der Waals surface area (Å²) < 4.78 is 0.901. The highest BCUT2D eigenvalue weighted by Gasteiger charge is 2.27. The number of rotatable bonds is 10. The van der Waals surface area contributed by atoms with Gasteiger partial charge in [0.25, 0.3) is 0 Å². The number of hydrogen-bond donors (Lipinski definition) is 2. The standard InChI is InChI=1S/C23H26BrN3O4/c1-3-6-18(12-22(30)31)27(14-28)20-8-5-4-7-19(20)25-13-16-10-17(24)9-15-11-21(29)26(2)23(15)16/h4-5,7-10,14,18,25H,3,6,11-13H2,1-2H3,(H,30,31). The summed E-state index contributed by atoms with van der Waals surface area (Å²) in [5.74, 6) is -0.883. The minimum absolute atomic E-state index is 0.0537. The van der Waals surface area contributed by atoms with Crippen LogP contribution in [0.25, 0.3) is 0 Å². The van der Waals surface area contributed by atoms with Gasteiger partial charge in [0.1, 0.15) is 0 Å². The zero-order valence-electron chi connectivity index (χ0n) is 17.6. The van der Waals surface area contributed by atoms with Crippen molar-refractivity contribution in [1.82, 2.24) is 0 Å². The van der Waals surface area contributed by atoms with Gasteiger partial charge < -0.3 is 20.2 Å². The third-order valence-corrected chi connectivity index (χ3v) is 5.93. The molecule has 0 radical (unpaired) electrons. The molecule has 2 aromatic rings. The molecule has 2 aromatic carbocycles. The first kappa shape index (κ1) is 22.8. The van der Waals surface area contributed by atoms with Crippen molar-refractivity contribution < 1.29 is 19.5 Å². The highest BCUT2D eigenvalue weighted by atomic mass is 79.9. The van der Waals surface area contributed by atoms with Crippen LogP contribution in [0, 0.1) is 0 Å². The molecule has 31 heavy (non-hydrogen) atoms. The van der Waals surface area contributed by atoms with Gasteiger partial charge in [0.05, 0.1) is 29.9 Å². The Morgan fingerprint density at radius 1 is 1.35 bits per heavy atom. The van der Waals surface area contributed by atoms with Crippen LogP contribution in [0.5, 0.6) is 0 Å². The van der Waals surface area contributed by atoms with Gasteiger partial charge >= 0.3 is 5.97 Å². The molecule has 7 nitrogen and oxygen atoms in total. The van der Waals surface area contributed by atoms with Gasteiger partial charge in [-0.1, -0.05) is 41.4 Å². The van der Waals surface area contributed by atoms with Crippen molar-refractivity contribution in [3.05, 3.63) is 52.0 Å². The Kier molecular flexibility index (Phi) is 7.33. The summed E-state index contributed by atoms with van der Waals surface area (Å²) >= 11 is 3.52. The van der Waals surface area contributed by atoms with Crippen molar-refractivity contribution >= 4 is 51.3 Å². The van der Waals surface area contributed by atoms with Gasteiger partial charge in [-0.05, 0) is 41.8 Å². The molecule has 8 heteroatoms. The van der Waals surface area contributed by atoms with E-state index in [-0.39, 0.29) is 12.3 Å². The van der Waals surface area contributed by atoms with Crippen LogP contribution in [0.4, 0.5) is 17.1 Å². The number of para-hydroxylation sites is 2. The second kappa shape index (κ2) is 9.96. The van der Waals surface area contributed by atoms with E-state index in [1.807, 2.05) is 43.3 Å². The number of nitrogens with one attached hydrogen (secondary N) is 1. The van der Waals surface area contributed by atoms with E-state index in [0.29, 0.717) is 31.5 Å². The molecule has 1 aliphatic heterocycles. The second-order valence-electron chi connectivity index (χ2n) is 7.63. The molecule has 2 amide bonds. The van der Waals surface area contributed by atoms with Gasteiger partial charge in [-0.2, -0.15) is 0 Å². The molecule has 0 fully saturated rings. The number of nitrogens with zero attached hydrogens (tertiary/aromatic N) is 2. The first-order chi connectivity index (χ1) is 14.8. The summed E-state index contributed by atoms with van der Waals surface area (Å²) in [6, 6.07) is 10.9. The minimum Gasteiger partial charge on any atom is -0.481 e. The van der Waals surface area contributed by atoms with Gasteiger partial charge in [0.15, 0.2) is 0 Å². The predicted molar refractivity (Wildman–Crippen MR) is 125 cm³/mol. The fourth-order valence-electron chi connectivity index (χ4n) is 4.08. The van der Waals surface area contributed by atoms with E-state index >= 15 is 0 Å². The maximum atomic E-state index is 12.2. The third kappa shape index (κ3) is 5.07. The number of carboxylic acid groups (broad SMARTS) is 1. The Bertz CT molecular complexity index is 995. The number of hydrogen-bond acceptors (Lipinski definition) is 4. The first-order valence-electron chi connectivity index (χ1n) is 10.2. The highest BCUT2D eigenvalue weighted by Crippen LogP contribution is 2.36. The molecule has 3 rings (SSSR count). The van der Waals surface area contributed by atoms with Crippen LogP contribution in [-0.4, -0.2) is 36.5 Å². The zero-order chi connectivity index (χ0) is 22.5. The normalized spacial score (nSPS) is 13.6. The fraction of sp³-hybridized carbons (Fsp3) is 0.348. The number of carbonyl (C=O) groups excluding carboxylic acids is 2. The van der Waals surface area contributed by atoms with Gasteiger partial charge in [-0.15, -0.1) is 0 Å². The molecule has 0 bridgehead atoms. The molecule has 1 atom stereocenters. The van der Waals surface area contributed by atoms with Crippen LogP contribution in [0.15, 0.2) is 40.9 Å². The predicted octanol–water partition coefficient (Wildman–Crippen LogP) is 4.19. The van der Waals surface area contributed by atoms with Crippen LogP contribution < -0.4 is 15.1 Å². The smallest absolute Gasteiger partial charge is 0.305 e. The molecule has 1 aliphatic rings. The van der Waals surface area contributed by atoms with Crippen LogP contribution in [0.2, 0.25) is 0 Å². The van der Waals surface area contributed by atoms with Gasteiger partial charge in [0, 0.05) is 24.1 Å².